The first-order valence-electron chi connectivity index (χ1n) is 7.40. The molecule has 0 unspecified atom stereocenters. The van der Waals surface area contributed by atoms with Gasteiger partial charge in [0.05, 0.1) is 12.3 Å². The topological polar surface area (TPSA) is 61.3 Å². The highest BCUT2D eigenvalue weighted by atomic mass is 35.5. The molecule has 0 aliphatic carbocycles. The van der Waals surface area contributed by atoms with Crippen molar-refractivity contribution in [2.45, 2.75) is 32.8 Å². The molecule has 6 heteroatoms. The van der Waals surface area contributed by atoms with Gasteiger partial charge in [-0.1, -0.05) is 11.6 Å². The molecule has 23 heavy (non-hydrogen) atoms. The summed E-state index contributed by atoms with van der Waals surface area (Å²) in [4.78, 5) is 19.7. The van der Waals surface area contributed by atoms with Crippen molar-refractivity contribution in [2.75, 3.05) is 6.61 Å². The van der Waals surface area contributed by atoms with E-state index in [9.17, 15) is 4.79 Å². The first kappa shape index (κ1) is 17.2. The quantitative estimate of drug-likeness (QED) is 0.567. The van der Waals surface area contributed by atoms with Gasteiger partial charge in [-0.25, -0.2) is 9.97 Å². The predicted octanol–water partition coefficient (Wildman–Crippen LogP) is 3.90. The molecule has 0 N–H and O–H groups in total. The monoisotopic (exact) mass is 334 g/mol. The molecule has 1 atom stereocenters. The van der Waals surface area contributed by atoms with Crippen LogP contribution in [0.1, 0.15) is 37.1 Å². The summed E-state index contributed by atoms with van der Waals surface area (Å²) in [5.74, 6) is 0.504. The summed E-state index contributed by atoms with van der Waals surface area (Å²) in [6, 6.07) is 7.17. The largest absolute Gasteiger partial charge is 0.493 e. The Labute approximate surface area is 140 Å². The maximum atomic E-state index is 11.8. The van der Waals surface area contributed by atoms with E-state index in [2.05, 4.69) is 9.97 Å². The second-order valence-corrected chi connectivity index (χ2v) is 5.56. The highest BCUT2D eigenvalue weighted by Gasteiger charge is 2.12. The molecular formula is C17H19ClN2O3. The van der Waals surface area contributed by atoms with Crippen molar-refractivity contribution in [3.63, 3.8) is 0 Å². The van der Waals surface area contributed by atoms with Crippen LogP contribution >= 0.6 is 11.6 Å². The maximum Gasteiger partial charge on any atom is 0.306 e. The first-order valence-corrected chi connectivity index (χ1v) is 7.78. The number of esters is 1. The van der Waals surface area contributed by atoms with E-state index in [1.54, 1.807) is 25.3 Å². The molecule has 0 saturated heterocycles. The van der Waals surface area contributed by atoms with Crippen molar-refractivity contribution in [1.82, 2.24) is 9.97 Å². The van der Waals surface area contributed by atoms with E-state index in [1.807, 2.05) is 19.1 Å². The van der Waals surface area contributed by atoms with Gasteiger partial charge in [0, 0.05) is 17.6 Å². The molecule has 2 rings (SSSR count). The zero-order chi connectivity index (χ0) is 16.7. The highest BCUT2D eigenvalue weighted by molar-refractivity contribution is 6.30. The minimum atomic E-state index is -0.384. The SMILES string of the molecule is Cc1cc(Cl)ccc1OCCCC(=O)O[C@@H](C)c1ccncn1. The van der Waals surface area contributed by atoms with Crippen molar-refractivity contribution in [3.8, 4) is 5.75 Å². The number of carbonyl (C=O) groups is 1. The average Bonchev–Trinajstić information content (AvgIpc) is 2.54. The molecule has 1 heterocycles. The van der Waals surface area contributed by atoms with Gasteiger partial charge in [0.1, 0.15) is 18.2 Å². The van der Waals surface area contributed by atoms with Crippen LogP contribution in [0, 0.1) is 6.92 Å². The minimum Gasteiger partial charge on any atom is -0.493 e. The van der Waals surface area contributed by atoms with Crippen LogP contribution in [0.4, 0.5) is 0 Å². The molecule has 0 radical (unpaired) electrons. The summed E-state index contributed by atoms with van der Waals surface area (Å²) in [6.45, 7) is 4.16. The third kappa shape index (κ3) is 5.53. The fraction of sp³-hybridized carbons (Fsp3) is 0.353. The van der Waals surface area contributed by atoms with E-state index < -0.39 is 0 Å². The van der Waals surface area contributed by atoms with Crippen LogP contribution in [-0.4, -0.2) is 22.5 Å². The molecule has 1 aromatic heterocycles. The maximum absolute atomic E-state index is 11.8. The van der Waals surface area contributed by atoms with E-state index in [4.69, 9.17) is 21.1 Å². The van der Waals surface area contributed by atoms with Crippen molar-refractivity contribution in [2.24, 2.45) is 0 Å². The Morgan fingerprint density at radius 2 is 2.17 bits per heavy atom. The Balaban J connectivity index is 1.70. The van der Waals surface area contributed by atoms with Gasteiger partial charge in [-0.05, 0) is 50.1 Å². The molecule has 0 amide bonds. The van der Waals surface area contributed by atoms with Crippen molar-refractivity contribution < 1.29 is 14.3 Å². The molecule has 122 valence electrons. The number of aryl methyl sites for hydroxylation is 1. The van der Waals surface area contributed by atoms with Crippen LogP contribution in [0.3, 0.4) is 0 Å². The number of aromatic nitrogens is 2. The Bertz CT molecular complexity index is 650. The number of benzene rings is 1. The van der Waals surface area contributed by atoms with E-state index in [0.717, 1.165) is 11.3 Å². The van der Waals surface area contributed by atoms with Crippen molar-refractivity contribution >= 4 is 17.6 Å². The van der Waals surface area contributed by atoms with Crippen LogP contribution in [0.5, 0.6) is 5.75 Å². The molecule has 0 bridgehead atoms. The molecule has 0 saturated carbocycles. The van der Waals surface area contributed by atoms with Crippen LogP contribution < -0.4 is 4.74 Å². The molecule has 0 spiro atoms. The van der Waals surface area contributed by atoms with Gasteiger partial charge in [-0.2, -0.15) is 0 Å². The molecular weight excluding hydrogens is 316 g/mol. The zero-order valence-corrected chi connectivity index (χ0v) is 13.9. The van der Waals surface area contributed by atoms with Crippen molar-refractivity contribution in [3.05, 3.63) is 53.1 Å². The molecule has 0 fully saturated rings. The smallest absolute Gasteiger partial charge is 0.306 e. The summed E-state index contributed by atoms with van der Waals surface area (Å²) < 4.78 is 11.0. The van der Waals surface area contributed by atoms with Gasteiger partial charge in [-0.3, -0.25) is 4.79 Å². The van der Waals surface area contributed by atoms with Crippen LogP contribution in [-0.2, 0) is 9.53 Å². The Hall–Kier alpha value is -2.14. The lowest BCUT2D eigenvalue weighted by Gasteiger charge is -2.13. The zero-order valence-electron chi connectivity index (χ0n) is 13.2. The van der Waals surface area contributed by atoms with Gasteiger partial charge < -0.3 is 9.47 Å². The molecule has 0 aliphatic heterocycles. The van der Waals surface area contributed by atoms with Crippen LogP contribution in [0.25, 0.3) is 0 Å². The van der Waals surface area contributed by atoms with Gasteiger partial charge in [0.15, 0.2) is 0 Å². The minimum absolute atomic E-state index is 0.271. The number of hydrogen-bond donors (Lipinski definition) is 0. The molecule has 1 aromatic carbocycles. The highest BCUT2D eigenvalue weighted by Crippen LogP contribution is 2.22. The van der Waals surface area contributed by atoms with Crippen molar-refractivity contribution in [1.29, 1.82) is 0 Å². The molecule has 5 nitrogen and oxygen atoms in total. The number of rotatable bonds is 7. The lowest BCUT2D eigenvalue weighted by molar-refractivity contribution is -0.149. The summed E-state index contributed by atoms with van der Waals surface area (Å²) in [5.41, 5.74) is 1.65. The number of ether oxygens (including phenoxy) is 2. The van der Waals surface area contributed by atoms with E-state index in [-0.39, 0.29) is 12.1 Å². The third-order valence-electron chi connectivity index (χ3n) is 3.25. The molecule has 2 aromatic rings. The fourth-order valence-electron chi connectivity index (χ4n) is 2.03. The number of halogens is 1. The second kappa shape index (κ2) is 8.48. The average molecular weight is 335 g/mol. The lowest BCUT2D eigenvalue weighted by atomic mass is 10.2. The van der Waals surface area contributed by atoms with Gasteiger partial charge >= 0.3 is 5.97 Å². The fourth-order valence-corrected chi connectivity index (χ4v) is 2.26. The Morgan fingerprint density at radius 3 is 2.87 bits per heavy atom. The van der Waals surface area contributed by atoms with Crippen LogP contribution in [0.2, 0.25) is 5.02 Å². The van der Waals surface area contributed by atoms with E-state index in [1.165, 1.54) is 6.33 Å². The normalized spacial score (nSPS) is 11.8. The third-order valence-corrected chi connectivity index (χ3v) is 3.48. The standard InChI is InChI=1S/C17H19ClN2O3/c1-12-10-14(18)5-6-16(12)22-9-3-4-17(21)23-13(2)15-7-8-19-11-20-15/h5-8,10-11,13H,3-4,9H2,1-2H3/t13-/m0/s1. The Morgan fingerprint density at radius 1 is 1.35 bits per heavy atom. The Kier molecular flexibility index (Phi) is 6.35. The number of carbonyl (C=O) groups excluding carboxylic acids is 1. The molecule has 0 aliphatic rings. The van der Waals surface area contributed by atoms with E-state index >= 15 is 0 Å². The van der Waals surface area contributed by atoms with E-state index in [0.29, 0.717) is 30.2 Å². The summed E-state index contributed by atoms with van der Waals surface area (Å²) >= 11 is 5.89. The summed E-state index contributed by atoms with van der Waals surface area (Å²) in [6.07, 6.45) is 3.54. The summed E-state index contributed by atoms with van der Waals surface area (Å²) in [5, 5.41) is 0.678. The van der Waals surface area contributed by atoms with Gasteiger partial charge in [-0.15, -0.1) is 0 Å². The predicted molar refractivity (Wildman–Crippen MR) is 87.5 cm³/mol. The van der Waals surface area contributed by atoms with Crippen LogP contribution in [0.15, 0.2) is 36.8 Å². The first-order chi connectivity index (χ1) is 11.1. The van der Waals surface area contributed by atoms with Gasteiger partial charge in [0.25, 0.3) is 0 Å². The number of nitrogens with zero attached hydrogens (tertiary/aromatic N) is 2. The second-order valence-electron chi connectivity index (χ2n) is 5.13. The lowest BCUT2D eigenvalue weighted by Crippen LogP contribution is -2.11. The van der Waals surface area contributed by atoms with Gasteiger partial charge in [0.2, 0.25) is 0 Å². The summed E-state index contributed by atoms with van der Waals surface area (Å²) in [7, 11) is 0. The number of hydrogen-bond acceptors (Lipinski definition) is 5.